The highest BCUT2D eigenvalue weighted by atomic mass is 32.2. The third-order valence-electron chi connectivity index (χ3n) is 5.15. The predicted molar refractivity (Wildman–Crippen MR) is 102 cm³/mol. The van der Waals surface area contributed by atoms with E-state index in [0.29, 0.717) is 18.0 Å². The van der Waals surface area contributed by atoms with Crippen molar-refractivity contribution >= 4 is 15.9 Å². The molecule has 2 aliphatic rings. The van der Waals surface area contributed by atoms with Crippen molar-refractivity contribution in [1.82, 2.24) is 9.80 Å². The van der Waals surface area contributed by atoms with Gasteiger partial charge in [-0.15, -0.1) is 0 Å². The number of carbonyl (C=O) groups excluding carboxylic acids is 1. The van der Waals surface area contributed by atoms with Crippen LogP contribution in [-0.4, -0.2) is 62.8 Å². The molecule has 0 bridgehead atoms. The highest BCUT2D eigenvalue weighted by molar-refractivity contribution is 7.90. The molecule has 1 atom stereocenters. The van der Waals surface area contributed by atoms with Crippen LogP contribution in [0.1, 0.15) is 5.56 Å². The number of amides is 1. The summed E-state index contributed by atoms with van der Waals surface area (Å²) >= 11 is 0. The zero-order chi connectivity index (χ0) is 19.0. The van der Waals surface area contributed by atoms with Gasteiger partial charge in [-0.25, -0.2) is 13.2 Å². The maximum atomic E-state index is 11.6. The maximum Gasteiger partial charge on any atom is 0.410 e. The lowest BCUT2D eigenvalue weighted by Gasteiger charge is -2.35. The van der Waals surface area contributed by atoms with Gasteiger partial charge in [0.2, 0.25) is 0 Å². The maximum absolute atomic E-state index is 11.6. The van der Waals surface area contributed by atoms with Gasteiger partial charge >= 0.3 is 6.09 Å². The Morgan fingerprint density at radius 3 is 2.59 bits per heavy atom. The average molecular weight is 386 g/mol. The Morgan fingerprint density at radius 1 is 1.07 bits per heavy atom. The second-order valence-corrected chi connectivity index (χ2v) is 9.17. The number of hydrogen-bond donors (Lipinski definition) is 0. The first-order valence-corrected chi connectivity index (χ1v) is 10.8. The Kier molecular flexibility index (Phi) is 4.65. The molecular weight excluding hydrogens is 364 g/mol. The van der Waals surface area contributed by atoms with Gasteiger partial charge in [-0.3, -0.25) is 9.80 Å². The number of carbonyl (C=O) groups is 1. The largest absolute Gasteiger partial charge is 0.447 e. The van der Waals surface area contributed by atoms with Gasteiger partial charge in [0.1, 0.15) is 6.61 Å². The number of benzene rings is 2. The summed E-state index contributed by atoms with van der Waals surface area (Å²) in [4.78, 5) is 16.1. The van der Waals surface area contributed by atoms with E-state index in [1.165, 1.54) is 11.8 Å². The fourth-order valence-corrected chi connectivity index (χ4v) is 4.33. The van der Waals surface area contributed by atoms with E-state index < -0.39 is 9.84 Å². The second-order valence-electron chi connectivity index (χ2n) is 7.16. The van der Waals surface area contributed by atoms with Gasteiger partial charge in [-0.2, -0.15) is 0 Å². The number of sulfone groups is 1. The molecule has 2 aromatic carbocycles. The number of rotatable bonds is 4. The number of ether oxygens (including phenoxy) is 1. The van der Waals surface area contributed by atoms with Crippen LogP contribution >= 0.6 is 0 Å². The predicted octanol–water partition coefficient (Wildman–Crippen LogP) is 2.39. The van der Waals surface area contributed by atoms with E-state index in [1.807, 2.05) is 29.2 Å². The van der Waals surface area contributed by atoms with Crippen molar-refractivity contribution in [2.24, 2.45) is 0 Å². The Balaban J connectivity index is 1.47. The van der Waals surface area contributed by atoms with Crippen LogP contribution in [0.5, 0.6) is 0 Å². The lowest BCUT2D eigenvalue weighted by Crippen LogP contribution is -2.51. The zero-order valence-corrected chi connectivity index (χ0v) is 16.0. The highest BCUT2D eigenvalue weighted by Gasteiger charge is 2.37. The first-order chi connectivity index (χ1) is 12.9. The van der Waals surface area contributed by atoms with Gasteiger partial charge < -0.3 is 4.74 Å². The van der Waals surface area contributed by atoms with Crippen LogP contribution < -0.4 is 0 Å². The molecule has 0 N–H and O–H groups in total. The molecule has 1 amide bonds. The summed E-state index contributed by atoms with van der Waals surface area (Å²) in [7, 11) is -3.19. The minimum atomic E-state index is -3.19. The molecule has 1 unspecified atom stereocenters. The lowest BCUT2D eigenvalue weighted by molar-refractivity contribution is 0.115. The van der Waals surface area contributed by atoms with Gasteiger partial charge in [-0.05, 0) is 34.9 Å². The molecular formula is C20H22N2O4S. The molecule has 6 nitrogen and oxygen atoms in total. The van der Waals surface area contributed by atoms with Gasteiger partial charge in [0.25, 0.3) is 0 Å². The van der Waals surface area contributed by atoms with E-state index in [2.05, 4.69) is 17.0 Å². The molecule has 0 spiro atoms. The minimum Gasteiger partial charge on any atom is -0.447 e. The SMILES string of the molecule is CS(=O)(=O)c1ccc(-c2cccc(CN3CCN4C(=O)OCC4C3)c2)cc1. The topological polar surface area (TPSA) is 66.9 Å². The van der Waals surface area contributed by atoms with Gasteiger partial charge in [0, 0.05) is 32.4 Å². The van der Waals surface area contributed by atoms with E-state index in [9.17, 15) is 13.2 Å². The minimum absolute atomic E-state index is 0.151. The Hall–Kier alpha value is -2.38. The molecule has 2 saturated heterocycles. The van der Waals surface area contributed by atoms with Crippen LogP contribution in [0.3, 0.4) is 0 Å². The summed E-state index contributed by atoms with van der Waals surface area (Å²) in [5.74, 6) is 0. The summed E-state index contributed by atoms with van der Waals surface area (Å²) in [6, 6.07) is 15.4. The summed E-state index contributed by atoms with van der Waals surface area (Å²) < 4.78 is 28.4. The standard InChI is InChI=1S/C20H22N2O4S/c1-27(24,25)19-7-5-16(6-8-19)17-4-2-3-15(11-17)12-21-9-10-22-18(13-21)14-26-20(22)23/h2-8,11,18H,9-10,12-14H2,1H3. The van der Waals surface area contributed by atoms with Crippen molar-refractivity contribution in [2.45, 2.75) is 17.5 Å². The average Bonchev–Trinajstić information content (AvgIpc) is 3.02. The lowest BCUT2D eigenvalue weighted by atomic mass is 10.0. The van der Waals surface area contributed by atoms with Gasteiger partial charge in [-0.1, -0.05) is 30.3 Å². The summed E-state index contributed by atoms with van der Waals surface area (Å²) in [6.45, 7) is 3.64. The van der Waals surface area contributed by atoms with Crippen molar-refractivity contribution in [2.75, 3.05) is 32.5 Å². The summed E-state index contributed by atoms with van der Waals surface area (Å²) in [6.07, 6.45) is 1.02. The number of cyclic esters (lactones) is 1. The molecule has 0 aliphatic carbocycles. The van der Waals surface area contributed by atoms with Crippen LogP contribution in [-0.2, 0) is 21.1 Å². The molecule has 27 heavy (non-hydrogen) atoms. The molecule has 0 saturated carbocycles. The van der Waals surface area contributed by atoms with Gasteiger partial charge in [0.05, 0.1) is 10.9 Å². The molecule has 2 aliphatic heterocycles. The Labute approximate surface area is 159 Å². The first-order valence-electron chi connectivity index (χ1n) is 8.95. The van der Waals surface area contributed by atoms with Crippen LogP contribution in [0, 0.1) is 0 Å². The fourth-order valence-electron chi connectivity index (χ4n) is 3.70. The number of fused-ring (bicyclic) bond motifs is 1. The smallest absolute Gasteiger partial charge is 0.410 e. The Bertz CT molecular complexity index is 956. The molecule has 2 aromatic rings. The molecule has 0 aromatic heterocycles. The third-order valence-corrected chi connectivity index (χ3v) is 6.28. The van der Waals surface area contributed by atoms with Crippen molar-refractivity contribution in [3.63, 3.8) is 0 Å². The molecule has 7 heteroatoms. The normalized spacial score (nSPS) is 20.4. The molecule has 2 heterocycles. The van der Waals surface area contributed by atoms with Crippen LogP contribution in [0.25, 0.3) is 11.1 Å². The van der Waals surface area contributed by atoms with Gasteiger partial charge in [0.15, 0.2) is 9.84 Å². The second kappa shape index (κ2) is 6.98. The first kappa shape index (κ1) is 18.0. The van der Waals surface area contributed by atoms with Crippen LogP contribution in [0.2, 0.25) is 0 Å². The number of nitrogens with zero attached hydrogens (tertiary/aromatic N) is 2. The fraction of sp³-hybridized carbons (Fsp3) is 0.350. The van der Waals surface area contributed by atoms with Crippen molar-refractivity contribution in [1.29, 1.82) is 0 Å². The van der Waals surface area contributed by atoms with E-state index >= 15 is 0 Å². The molecule has 142 valence electrons. The highest BCUT2D eigenvalue weighted by Crippen LogP contribution is 2.24. The van der Waals surface area contributed by atoms with E-state index in [0.717, 1.165) is 30.8 Å². The molecule has 4 rings (SSSR count). The van der Waals surface area contributed by atoms with Crippen molar-refractivity contribution in [3.05, 3.63) is 54.1 Å². The van der Waals surface area contributed by atoms with E-state index in [-0.39, 0.29) is 12.1 Å². The summed E-state index contributed by atoms with van der Waals surface area (Å²) in [5.41, 5.74) is 3.24. The van der Waals surface area contributed by atoms with Crippen LogP contribution in [0.4, 0.5) is 4.79 Å². The number of piperazine rings is 1. The zero-order valence-electron chi connectivity index (χ0n) is 15.2. The Morgan fingerprint density at radius 2 is 1.85 bits per heavy atom. The van der Waals surface area contributed by atoms with Crippen LogP contribution in [0.15, 0.2) is 53.4 Å². The third kappa shape index (κ3) is 3.84. The quantitative estimate of drug-likeness (QED) is 0.807. The van der Waals surface area contributed by atoms with Crippen molar-refractivity contribution < 1.29 is 17.9 Å². The number of hydrogen-bond acceptors (Lipinski definition) is 5. The monoisotopic (exact) mass is 386 g/mol. The van der Waals surface area contributed by atoms with E-state index in [4.69, 9.17) is 4.74 Å². The summed E-state index contributed by atoms with van der Waals surface area (Å²) in [5, 5.41) is 0. The van der Waals surface area contributed by atoms with E-state index in [1.54, 1.807) is 12.1 Å². The molecule has 2 fully saturated rings. The molecule has 0 radical (unpaired) electrons. The van der Waals surface area contributed by atoms with Crippen molar-refractivity contribution in [3.8, 4) is 11.1 Å².